The van der Waals surface area contributed by atoms with Gasteiger partial charge >= 0.3 is 0 Å². The Kier molecular flexibility index (Phi) is 3.74. The Morgan fingerprint density at radius 1 is 1.21 bits per heavy atom. The molecule has 3 nitrogen and oxygen atoms in total. The van der Waals surface area contributed by atoms with Crippen LogP contribution in [0.1, 0.15) is 51.7 Å². The van der Waals surface area contributed by atoms with Gasteiger partial charge in [-0.3, -0.25) is 4.79 Å². The van der Waals surface area contributed by atoms with Crippen LogP contribution in [-0.4, -0.2) is 11.6 Å². The van der Waals surface area contributed by atoms with Crippen molar-refractivity contribution in [1.29, 1.82) is 0 Å². The van der Waals surface area contributed by atoms with Gasteiger partial charge in [-0.2, -0.15) is 5.10 Å². The van der Waals surface area contributed by atoms with Gasteiger partial charge in [-0.1, -0.05) is 45.0 Å². The van der Waals surface area contributed by atoms with E-state index in [-0.39, 0.29) is 17.2 Å². The number of nitrogens with zero attached hydrogens (tertiary/aromatic N) is 1. The first-order valence-electron chi connectivity index (χ1n) is 6.83. The third-order valence-corrected chi connectivity index (χ3v) is 3.45. The Balaban J connectivity index is 2.04. The van der Waals surface area contributed by atoms with Crippen molar-refractivity contribution >= 4 is 11.6 Å². The fourth-order valence-electron chi connectivity index (χ4n) is 1.85. The molecule has 2 rings (SSSR count). The lowest BCUT2D eigenvalue weighted by molar-refractivity contribution is -0.122. The quantitative estimate of drug-likeness (QED) is 0.656. The van der Waals surface area contributed by atoms with Gasteiger partial charge in [0, 0.05) is 5.92 Å². The molecular formula is C16H22N2O. The summed E-state index contributed by atoms with van der Waals surface area (Å²) < 4.78 is 0. The average Bonchev–Trinajstić information content (AvgIpc) is 3.19. The number of benzene rings is 1. The van der Waals surface area contributed by atoms with E-state index in [0.717, 1.165) is 24.1 Å². The molecule has 1 N–H and O–H groups in total. The lowest BCUT2D eigenvalue weighted by Gasteiger charge is -2.19. The van der Waals surface area contributed by atoms with Crippen LogP contribution in [0, 0.1) is 5.92 Å². The van der Waals surface area contributed by atoms with E-state index in [1.807, 2.05) is 6.92 Å². The molecule has 19 heavy (non-hydrogen) atoms. The molecule has 0 radical (unpaired) electrons. The molecule has 3 heteroatoms. The molecule has 0 aliphatic heterocycles. The van der Waals surface area contributed by atoms with Gasteiger partial charge in [0.25, 0.3) is 0 Å². The highest BCUT2D eigenvalue weighted by molar-refractivity contribution is 5.99. The molecular weight excluding hydrogens is 236 g/mol. The van der Waals surface area contributed by atoms with Gasteiger partial charge in [0.15, 0.2) is 0 Å². The largest absolute Gasteiger partial charge is 0.273 e. The van der Waals surface area contributed by atoms with E-state index < -0.39 is 0 Å². The van der Waals surface area contributed by atoms with Gasteiger partial charge in [0.05, 0.1) is 5.71 Å². The third kappa shape index (κ3) is 3.66. The van der Waals surface area contributed by atoms with Gasteiger partial charge in [-0.25, -0.2) is 5.43 Å². The maximum absolute atomic E-state index is 11.5. The zero-order chi connectivity index (χ0) is 14.0. The molecule has 1 amide bonds. The van der Waals surface area contributed by atoms with Crippen molar-refractivity contribution in [3.05, 3.63) is 35.4 Å². The molecule has 0 heterocycles. The van der Waals surface area contributed by atoms with E-state index in [4.69, 9.17) is 0 Å². The molecule has 0 unspecified atom stereocenters. The molecule has 1 aromatic carbocycles. The smallest absolute Gasteiger partial charge is 0.243 e. The van der Waals surface area contributed by atoms with E-state index >= 15 is 0 Å². The molecule has 1 saturated carbocycles. The summed E-state index contributed by atoms with van der Waals surface area (Å²) in [5, 5.41) is 4.16. The minimum absolute atomic E-state index is 0.0469. The highest BCUT2D eigenvalue weighted by Gasteiger charge is 2.29. The fraction of sp³-hybridized carbons (Fsp3) is 0.500. The number of carbonyl (C=O) groups excluding carboxylic acids is 1. The number of rotatable bonds is 3. The van der Waals surface area contributed by atoms with Crippen LogP contribution in [0.2, 0.25) is 0 Å². The van der Waals surface area contributed by atoms with Crippen molar-refractivity contribution in [2.24, 2.45) is 11.0 Å². The zero-order valence-electron chi connectivity index (χ0n) is 12.2. The second-order valence-electron chi connectivity index (χ2n) is 6.27. The van der Waals surface area contributed by atoms with E-state index in [2.05, 4.69) is 55.6 Å². The predicted octanol–water partition coefficient (Wildman–Crippen LogP) is 3.23. The van der Waals surface area contributed by atoms with Crippen molar-refractivity contribution in [1.82, 2.24) is 5.43 Å². The number of hydrazone groups is 1. The van der Waals surface area contributed by atoms with Gasteiger partial charge in [0.1, 0.15) is 0 Å². The van der Waals surface area contributed by atoms with Crippen LogP contribution in [0.5, 0.6) is 0 Å². The monoisotopic (exact) mass is 258 g/mol. The minimum Gasteiger partial charge on any atom is -0.273 e. The molecule has 1 aromatic rings. The van der Waals surface area contributed by atoms with Crippen molar-refractivity contribution < 1.29 is 4.79 Å². The van der Waals surface area contributed by atoms with Crippen LogP contribution >= 0.6 is 0 Å². The van der Waals surface area contributed by atoms with Gasteiger partial charge in [-0.15, -0.1) is 0 Å². The zero-order valence-corrected chi connectivity index (χ0v) is 12.2. The Labute approximate surface area is 115 Å². The van der Waals surface area contributed by atoms with Crippen LogP contribution in [0.3, 0.4) is 0 Å². The molecule has 1 aliphatic carbocycles. The molecule has 0 saturated heterocycles. The molecule has 0 atom stereocenters. The first kappa shape index (κ1) is 13.8. The topological polar surface area (TPSA) is 41.5 Å². The third-order valence-electron chi connectivity index (χ3n) is 3.45. The highest BCUT2D eigenvalue weighted by Crippen LogP contribution is 2.28. The van der Waals surface area contributed by atoms with E-state index in [9.17, 15) is 4.79 Å². The van der Waals surface area contributed by atoms with E-state index in [0.29, 0.717) is 0 Å². The van der Waals surface area contributed by atoms with Crippen LogP contribution < -0.4 is 5.43 Å². The van der Waals surface area contributed by atoms with Crippen LogP contribution in [0.4, 0.5) is 0 Å². The van der Waals surface area contributed by atoms with Crippen LogP contribution in [0.25, 0.3) is 0 Å². The minimum atomic E-state index is 0.0469. The van der Waals surface area contributed by atoms with Gasteiger partial charge in [-0.05, 0) is 36.3 Å². The Morgan fingerprint density at radius 2 is 1.79 bits per heavy atom. The van der Waals surface area contributed by atoms with Crippen molar-refractivity contribution in [2.45, 2.75) is 46.0 Å². The summed E-state index contributed by atoms with van der Waals surface area (Å²) in [7, 11) is 0. The number of nitrogens with one attached hydrogen (secondary N) is 1. The average molecular weight is 258 g/mol. The number of hydrogen-bond donors (Lipinski definition) is 1. The summed E-state index contributed by atoms with van der Waals surface area (Å²) in [4.78, 5) is 11.5. The molecule has 102 valence electrons. The maximum Gasteiger partial charge on any atom is 0.243 e. The maximum atomic E-state index is 11.5. The molecule has 0 aromatic heterocycles. The second kappa shape index (κ2) is 5.16. The normalized spacial score (nSPS) is 16.3. The fourth-order valence-corrected chi connectivity index (χ4v) is 1.85. The standard InChI is InChI=1S/C16H22N2O/c1-11(17-18-15(19)13-5-6-13)12-7-9-14(10-8-12)16(2,3)4/h7-10,13H,5-6H2,1-4H3,(H,18,19). The highest BCUT2D eigenvalue weighted by atomic mass is 16.2. The van der Waals surface area contributed by atoms with Gasteiger partial charge in [0.2, 0.25) is 5.91 Å². The Bertz CT molecular complexity index is 490. The van der Waals surface area contributed by atoms with E-state index in [1.54, 1.807) is 0 Å². The number of carbonyl (C=O) groups is 1. The molecule has 1 fully saturated rings. The number of hydrogen-bond acceptors (Lipinski definition) is 2. The lowest BCUT2D eigenvalue weighted by atomic mass is 9.86. The molecule has 0 spiro atoms. The van der Waals surface area contributed by atoms with Crippen molar-refractivity contribution in [2.75, 3.05) is 0 Å². The first-order valence-corrected chi connectivity index (χ1v) is 6.83. The van der Waals surface area contributed by atoms with Crippen LogP contribution in [-0.2, 0) is 10.2 Å². The summed E-state index contributed by atoms with van der Waals surface area (Å²) in [6.07, 6.45) is 2.00. The summed E-state index contributed by atoms with van der Waals surface area (Å²) in [5.41, 5.74) is 5.98. The Morgan fingerprint density at radius 3 is 2.26 bits per heavy atom. The summed E-state index contributed by atoms with van der Waals surface area (Å²) in [5.74, 6) is 0.241. The van der Waals surface area contributed by atoms with E-state index in [1.165, 1.54) is 5.56 Å². The predicted molar refractivity (Wildman–Crippen MR) is 78.2 cm³/mol. The van der Waals surface area contributed by atoms with Crippen molar-refractivity contribution in [3.63, 3.8) is 0 Å². The summed E-state index contributed by atoms with van der Waals surface area (Å²) in [6, 6.07) is 8.36. The Hall–Kier alpha value is -1.64. The summed E-state index contributed by atoms with van der Waals surface area (Å²) in [6.45, 7) is 8.50. The molecule has 0 bridgehead atoms. The summed E-state index contributed by atoms with van der Waals surface area (Å²) >= 11 is 0. The lowest BCUT2D eigenvalue weighted by Crippen LogP contribution is -2.20. The molecule has 1 aliphatic rings. The van der Waals surface area contributed by atoms with Crippen molar-refractivity contribution in [3.8, 4) is 0 Å². The SMILES string of the molecule is CC(=NNC(=O)C1CC1)c1ccc(C(C)(C)C)cc1. The second-order valence-corrected chi connectivity index (χ2v) is 6.27. The first-order chi connectivity index (χ1) is 8.88. The van der Waals surface area contributed by atoms with Gasteiger partial charge < -0.3 is 0 Å². The number of amides is 1. The van der Waals surface area contributed by atoms with Crippen LogP contribution in [0.15, 0.2) is 29.4 Å².